The summed E-state index contributed by atoms with van der Waals surface area (Å²) in [4.78, 5) is 52.1. The number of nitrogens with one attached hydrogen (secondary N) is 1. The van der Waals surface area contributed by atoms with Crippen LogP contribution in [-0.4, -0.2) is 200 Å². The summed E-state index contributed by atoms with van der Waals surface area (Å²) >= 11 is 0. The highest BCUT2D eigenvalue weighted by atomic mass is 19.1. The molecule has 4 aliphatic heterocycles. The third-order valence-electron chi connectivity index (χ3n) is 9.45. The van der Waals surface area contributed by atoms with Gasteiger partial charge in [-0.3, -0.25) is 14.4 Å². The van der Waals surface area contributed by atoms with E-state index in [2.05, 4.69) is 5.32 Å². The molecule has 0 aromatic rings. The summed E-state index contributed by atoms with van der Waals surface area (Å²) in [7, 11) is 0. The van der Waals surface area contributed by atoms with Gasteiger partial charge in [0.2, 0.25) is 5.91 Å². The van der Waals surface area contributed by atoms with Crippen LogP contribution in [0.1, 0.15) is 51.4 Å². The summed E-state index contributed by atoms with van der Waals surface area (Å²) in [5, 5.41) is 94.3. The Hall–Kier alpha value is -2.59. The predicted molar refractivity (Wildman–Crippen MR) is 172 cm³/mol. The van der Waals surface area contributed by atoms with Crippen molar-refractivity contribution >= 4 is 23.7 Å². The van der Waals surface area contributed by atoms with E-state index in [0.29, 0.717) is 30.7 Å². The van der Waals surface area contributed by atoms with E-state index in [1.807, 2.05) is 0 Å². The Balaban J connectivity index is 1.26. The molecular weight excluding hydrogens is 751 g/mol. The second-order valence-electron chi connectivity index (χ2n) is 13.5. The zero-order valence-corrected chi connectivity index (χ0v) is 29.7. The number of amides is 3. The lowest BCUT2D eigenvalue weighted by Gasteiger charge is -2.46. The third kappa shape index (κ3) is 11.7. The Labute approximate surface area is 313 Å². The second-order valence-corrected chi connectivity index (χ2v) is 13.5. The Morgan fingerprint density at radius 3 is 1.84 bits per heavy atom. The molecule has 0 saturated carbocycles. The molecule has 4 aliphatic rings. The number of ether oxygens (including phenoxy) is 6. The Bertz CT molecular complexity index is 1250. The molecule has 4 fully saturated rings. The van der Waals surface area contributed by atoms with E-state index in [0.717, 1.165) is 0 Å². The highest BCUT2D eigenvalue weighted by molar-refractivity contribution is 6.01. The van der Waals surface area contributed by atoms with Crippen LogP contribution >= 0.6 is 0 Å². The fourth-order valence-corrected chi connectivity index (χ4v) is 6.20. The van der Waals surface area contributed by atoms with Gasteiger partial charge >= 0.3 is 5.97 Å². The number of nitrogens with zero attached hydrogens (tertiary/aromatic N) is 1. The summed E-state index contributed by atoms with van der Waals surface area (Å²) in [5.41, 5.74) is 0. The first-order valence-corrected chi connectivity index (χ1v) is 18.0. The molecule has 15 atom stereocenters. The molecule has 4 heterocycles. The van der Waals surface area contributed by atoms with Crippen molar-refractivity contribution in [1.29, 1.82) is 0 Å². The molecule has 10 N–H and O–H groups in total. The fourth-order valence-electron chi connectivity index (χ4n) is 6.20. The van der Waals surface area contributed by atoms with Crippen LogP contribution in [0.15, 0.2) is 0 Å². The van der Waals surface area contributed by atoms with Gasteiger partial charge in [-0.25, -0.2) is 9.18 Å². The van der Waals surface area contributed by atoms with Crippen molar-refractivity contribution in [2.75, 3.05) is 33.0 Å². The molecule has 0 unspecified atom stereocenters. The molecule has 0 aromatic carbocycles. The van der Waals surface area contributed by atoms with Gasteiger partial charge in [-0.05, 0) is 12.8 Å². The molecule has 4 saturated heterocycles. The van der Waals surface area contributed by atoms with Crippen LogP contribution in [0.2, 0.25) is 0 Å². The lowest BCUT2D eigenvalue weighted by atomic mass is 9.97. The fraction of sp³-hybridized carbons (Fsp3) is 0.875. The van der Waals surface area contributed by atoms with Crippen molar-refractivity contribution in [3.8, 4) is 0 Å². The van der Waals surface area contributed by atoms with Gasteiger partial charge in [0, 0.05) is 32.2 Å². The number of carbonyl (C=O) groups is 4. The zero-order chi connectivity index (χ0) is 40.4. The van der Waals surface area contributed by atoms with Crippen LogP contribution in [-0.2, 0) is 52.4 Å². The van der Waals surface area contributed by atoms with Gasteiger partial charge in [0.15, 0.2) is 25.0 Å². The van der Waals surface area contributed by atoms with E-state index in [-0.39, 0.29) is 44.7 Å². The SMILES string of the molecule is O=C(CCCCCCC(=O)ON1C(=O)CCC1=O)NCCO[C@@H]1O[C@H](CO[C@H]2O[C@H](CO)[C@@H](O)[C@H](O)[C@@H]2O)[C@@H](O)[C@H](O[C@H]2O[C@H](CO)[C@@H](O)[C@H](O)[C@@H]2O)[C@H]1F. The maximum atomic E-state index is 15.9. The lowest BCUT2D eigenvalue weighted by Crippen LogP contribution is -2.64. The van der Waals surface area contributed by atoms with Gasteiger partial charge in [0.05, 0.1) is 26.4 Å². The van der Waals surface area contributed by atoms with E-state index < -0.39 is 130 Å². The van der Waals surface area contributed by atoms with Crippen molar-refractivity contribution in [3.05, 3.63) is 0 Å². The average molecular weight is 803 g/mol. The minimum atomic E-state index is -2.32. The number of aliphatic hydroxyl groups excluding tert-OH is 9. The van der Waals surface area contributed by atoms with Crippen molar-refractivity contribution in [2.45, 2.75) is 144 Å². The smallest absolute Gasteiger partial charge is 0.333 e. The largest absolute Gasteiger partial charge is 0.394 e. The zero-order valence-electron chi connectivity index (χ0n) is 29.7. The van der Waals surface area contributed by atoms with Crippen LogP contribution in [0.4, 0.5) is 4.39 Å². The van der Waals surface area contributed by atoms with Crippen LogP contribution < -0.4 is 5.32 Å². The van der Waals surface area contributed by atoms with E-state index >= 15 is 4.39 Å². The lowest BCUT2D eigenvalue weighted by molar-refractivity contribution is -0.359. The highest BCUT2D eigenvalue weighted by Crippen LogP contribution is 2.32. The molecular formula is C32H51FN2O20. The first-order valence-electron chi connectivity index (χ1n) is 18.0. The maximum Gasteiger partial charge on any atom is 0.333 e. The molecule has 0 aliphatic carbocycles. The number of hydrogen-bond donors (Lipinski definition) is 10. The van der Waals surface area contributed by atoms with Crippen molar-refractivity contribution < 1.29 is 103 Å². The summed E-state index contributed by atoms with van der Waals surface area (Å²) in [6.45, 7) is -2.73. The van der Waals surface area contributed by atoms with Gasteiger partial charge in [0.25, 0.3) is 11.8 Å². The molecule has 23 heteroatoms. The molecule has 3 amide bonds. The average Bonchev–Trinajstić information content (AvgIpc) is 3.48. The Morgan fingerprint density at radius 2 is 1.24 bits per heavy atom. The molecule has 0 bridgehead atoms. The molecule has 22 nitrogen and oxygen atoms in total. The molecule has 55 heavy (non-hydrogen) atoms. The third-order valence-corrected chi connectivity index (χ3v) is 9.45. The van der Waals surface area contributed by atoms with Gasteiger partial charge in [-0.1, -0.05) is 12.8 Å². The first-order chi connectivity index (χ1) is 26.2. The number of imide groups is 1. The van der Waals surface area contributed by atoms with E-state index in [4.69, 9.17) is 33.3 Å². The first kappa shape index (κ1) is 45.1. The Kier molecular flexibility index (Phi) is 17.4. The summed E-state index contributed by atoms with van der Waals surface area (Å²) in [6, 6.07) is 0. The molecule has 316 valence electrons. The number of rotatable bonds is 19. The van der Waals surface area contributed by atoms with Gasteiger partial charge in [-0.2, -0.15) is 0 Å². The minimum Gasteiger partial charge on any atom is -0.394 e. The number of carbonyl (C=O) groups excluding carboxylic acids is 4. The number of hydroxylamine groups is 2. The summed E-state index contributed by atoms with van der Waals surface area (Å²) in [5.74, 6) is -2.23. The van der Waals surface area contributed by atoms with Crippen LogP contribution in [0, 0.1) is 0 Å². The number of alkyl halides is 1. The van der Waals surface area contributed by atoms with Crippen molar-refractivity contribution in [3.63, 3.8) is 0 Å². The van der Waals surface area contributed by atoms with E-state index in [1.165, 1.54) is 0 Å². The quantitative estimate of drug-likeness (QED) is 0.0430. The maximum absolute atomic E-state index is 15.9. The van der Waals surface area contributed by atoms with Crippen LogP contribution in [0.3, 0.4) is 0 Å². The van der Waals surface area contributed by atoms with Gasteiger partial charge < -0.3 is 84.5 Å². The summed E-state index contributed by atoms with van der Waals surface area (Å²) in [6.07, 6.45) is -24.7. The topological polar surface area (TPSA) is 330 Å². The monoisotopic (exact) mass is 802 g/mol. The van der Waals surface area contributed by atoms with Crippen molar-refractivity contribution in [2.24, 2.45) is 0 Å². The minimum absolute atomic E-state index is 0.00778. The van der Waals surface area contributed by atoms with Crippen LogP contribution in [0.25, 0.3) is 0 Å². The standard InChI is InChI=1S/C32H51FN2O20/c33-21-29(54-32-28(48)26(46)23(43)15(12-37)52-32)24(44)16(13-50-31-27(47)25(45)22(42)14(11-36)51-31)53-30(21)49-10-9-34-17(38)5-3-1-2-4-6-20(41)55-35-18(39)7-8-19(35)40/h14-16,21-32,36-37,42-48H,1-13H2,(H,34,38)/t14-,15-,16-,21-,22-,23-,24-,25+,26+,27+,28+,29-,30-,31+,32-/m1/s1. The van der Waals surface area contributed by atoms with Crippen molar-refractivity contribution in [1.82, 2.24) is 10.4 Å². The predicted octanol–water partition coefficient (Wildman–Crippen LogP) is -5.51. The van der Waals surface area contributed by atoms with Gasteiger partial charge in [0.1, 0.15) is 67.1 Å². The van der Waals surface area contributed by atoms with E-state index in [9.17, 15) is 65.1 Å². The van der Waals surface area contributed by atoms with E-state index in [1.54, 1.807) is 0 Å². The Morgan fingerprint density at radius 1 is 0.691 bits per heavy atom. The molecule has 0 aromatic heterocycles. The molecule has 0 spiro atoms. The number of hydrogen-bond acceptors (Lipinski definition) is 20. The highest BCUT2D eigenvalue weighted by Gasteiger charge is 2.52. The molecule has 0 radical (unpaired) electrons. The van der Waals surface area contributed by atoms with Crippen LogP contribution in [0.5, 0.6) is 0 Å². The molecule has 4 rings (SSSR count). The number of halogens is 1. The van der Waals surface area contributed by atoms with Gasteiger partial charge in [-0.15, -0.1) is 5.06 Å². The second kappa shape index (κ2) is 21.2. The number of aliphatic hydroxyl groups is 9. The number of unbranched alkanes of at least 4 members (excludes halogenated alkanes) is 3. The summed E-state index contributed by atoms with van der Waals surface area (Å²) < 4.78 is 48.5. The normalized spacial score (nSPS) is 38.3.